The largest absolute Gasteiger partial charge is 0.496 e. The number of hydrogen-bond acceptors (Lipinski definition) is 4. The number of ether oxygens (including phenoxy) is 1. The van der Waals surface area contributed by atoms with Crippen LogP contribution in [0.15, 0.2) is 18.2 Å². The molecule has 0 aliphatic carbocycles. The van der Waals surface area contributed by atoms with E-state index in [1.54, 1.807) is 7.11 Å². The Morgan fingerprint density at radius 3 is 2.95 bits per heavy atom. The van der Waals surface area contributed by atoms with E-state index in [4.69, 9.17) is 4.74 Å². The minimum Gasteiger partial charge on any atom is -0.496 e. The van der Waals surface area contributed by atoms with Gasteiger partial charge in [-0.2, -0.15) is 0 Å². The lowest BCUT2D eigenvalue weighted by molar-refractivity contribution is 0.154. The van der Waals surface area contributed by atoms with Gasteiger partial charge in [0.05, 0.1) is 13.2 Å². The summed E-state index contributed by atoms with van der Waals surface area (Å²) in [4.78, 5) is 2.29. The van der Waals surface area contributed by atoms with Crippen LogP contribution in [-0.2, 0) is 0 Å². The molecule has 0 radical (unpaired) electrons. The van der Waals surface area contributed by atoms with Gasteiger partial charge in [-0.05, 0) is 44.9 Å². The predicted molar refractivity (Wildman–Crippen MR) is 87.2 cm³/mol. The first-order valence-electron chi connectivity index (χ1n) is 8.00. The van der Waals surface area contributed by atoms with Crippen molar-refractivity contribution in [3.63, 3.8) is 0 Å². The Bertz CT molecular complexity index is 450. The van der Waals surface area contributed by atoms with E-state index in [1.807, 2.05) is 12.1 Å². The number of aliphatic hydroxyl groups is 1. The van der Waals surface area contributed by atoms with Crippen LogP contribution in [0.1, 0.15) is 44.7 Å². The van der Waals surface area contributed by atoms with Crippen LogP contribution in [0.3, 0.4) is 0 Å². The summed E-state index contributed by atoms with van der Waals surface area (Å²) in [6, 6.07) is 6.42. The van der Waals surface area contributed by atoms with Crippen molar-refractivity contribution >= 4 is 5.69 Å². The van der Waals surface area contributed by atoms with Crippen molar-refractivity contribution in [1.82, 2.24) is 5.32 Å². The highest BCUT2D eigenvalue weighted by molar-refractivity contribution is 5.61. The third-order valence-electron chi connectivity index (χ3n) is 4.13. The summed E-state index contributed by atoms with van der Waals surface area (Å²) < 4.78 is 5.58. The predicted octanol–water partition coefficient (Wildman–Crippen LogP) is 2.72. The molecule has 21 heavy (non-hydrogen) atoms. The van der Waals surface area contributed by atoms with E-state index in [9.17, 15) is 5.11 Å². The molecule has 2 N–H and O–H groups in total. The zero-order chi connectivity index (χ0) is 15.2. The number of β-amino-alcohol motifs (C(OH)–C–C–N with tert-alkyl or cyclic N) is 1. The van der Waals surface area contributed by atoms with Gasteiger partial charge in [0.25, 0.3) is 0 Å². The Kier molecular flexibility index (Phi) is 5.88. The second-order valence-corrected chi connectivity index (χ2v) is 5.81. The number of aliphatic hydroxyl groups excluding tert-OH is 1. The Morgan fingerprint density at radius 2 is 2.29 bits per heavy atom. The third-order valence-corrected chi connectivity index (χ3v) is 4.13. The van der Waals surface area contributed by atoms with Crippen molar-refractivity contribution < 1.29 is 9.84 Å². The van der Waals surface area contributed by atoms with Crippen molar-refractivity contribution in [2.24, 2.45) is 0 Å². The van der Waals surface area contributed by atoms with Gasteiger partial charge < -0.3 is 20.1 Å². The van der Waals surface area contributed by atoms with Gasteiger partial charge in [0, 0.05) is 30.4 Å². The summed E-state index contributed by atoms with van der Waals surface area (Å²) in [5, 5.41) is 13.5. The first kappa shape index (κ1) is 16.1. The molecule has 0 bridgehead atoms. The monoisotopic (exact) mass is 292 g/mol. The Hall–Kier alpha value is -1.26. The maximum atomic E-state index is 9.95. The fourth-order valence-corrected chi connectivity index (χ4v) is 3.06. The molecule has 0 saturated carbocycles. The Morgan fingerprint density at radius 1 is 1.48 bits per heavy atom. The average Bonchev–Trinajstić information content (AvgIpc) is 2.51. The minimum absolute atomic E-state index is 0.225. The fourth-order valence-electron chi connectivity index (χ4n) is 3.06. The highest BCUT2D eigenvalue weighted by Crippen LogP contribution is 2.35. The molecule has 1 fully saturated rings. The van der Waals surface area contributed by atoms with E-state index in [0.29, 0.717) is 6.54 Å². The molecule has 2 rings (SSSR count). The van der Waals surface area contributed by atoms with Gasteiger partial charge >= 0.3 is 0 Å². The fraction of sp³-hybridized carbons (Fsp3) is 0.647. The summed E-state index contributed by atoms with van der Waals surface area (Å²) >= 11 is 0. The van der Waals surface area contributed by atoms with Crippen LogP contribution in [-0.4, -0.2) is 38.0 Å². The topological polar surface area (TPSA) is 44.7 Å². The van der Waals surface area contributed by atoms with Crippen molar-refractivity contribution in [1.29, 1.82) is 0 Å². The van der Waals surface area contributed by atoms with Crippen molar-refractivity contribution in [3.05, 3.63) is 23.8 Å². The van der Waals surface area contributed by atoms with Gasteiger partial charge in [0.2, 0.25) is 0 Å². The number of piperidine rings is 1. The van der Waals surface area contributed by atoms with Crippen LogP contribution in [0.4, 0.5) is 5.69 Å². The van der Waals surface area contributed by atoms with Crippen LogP contribution in [0.2, 0.25) is 0 Å². The van der Waals surface area contributed by atoms with E-state index >= 15 is 0 Å². The quantitative estimate of drug-likeness (QED) is 0.846. The van der Waals surface area contributed by atoms with Gasteiger partial charge in [0.1, 0.15) is 5.75 Å². The van der Waals surface area contributed by atoms with Crippen molar-refractivity contribution in [3.8, 4) is 5.75 Å². The van der Waals surface area contributed by atoms with E-state index in [1.165, 1.54) is 11.3 Å². The minimum atomic E-state index is -0.225. The molecule has 4 nitrogen and oxygen atoms in total. The lowest BCUT2D eigenvalue weighted by Crippen LogP contribution is -2.39. The van der Waals surface area contributed by atoms with Crippen LogP contribution >= 0.6 is 0 Å². The maximum Gasteiger partial charge on any atom is 0.125 e. The molecule has 1 saturated heterocycles. The van der Waals surface area contributed by atoms with E-state index in [-0.39, 0.29) is 12.1 Å². The van der Waals surface area contributed by atoms with Crippen molar-refractivity contribution in [2.45, 2.75) is 45.3 Å². The lowest BCUT2D eigenvalue weighted by atomic mass is 10.0. The molecule has 1 aromatic carbocycles. The molecular formula is C17H28N2O2. The number of rotatable bonds is 6. The highest BCUT2D eigenvalue weighted by Gasteiger charge is 2.23. The highest BCUT2D eigenvalue weighted by atomic mass is 16.5. The number of nitrogens with zero attached hydrogens (tertiary/aromatic N) is 1. The van der Waals surface area contributed by atoms with Crippen LogP contribution in [0.5, 0.6) is 5.75 Å². The summed E-state index contributed by atoms with van der Waals surface area (Å²) in [5.74, 6) is 0.920. The summed E-state index contributed by atoms with van der Waals surface area (Å²) in [6.45, 7) is 7.04. The van der Waals surface area contributed by atoms with Gasteiger partial charge in [-0.25, -0.2) is 0 Å². The molecule has 2 atom stereocenters. The molecule has 1 aromatic rings. The van der Waals surface area contributed by atoms with Gasteiger partial charge in [-0.15, -0.1) is 0 Å². The summed E-state index contributed by atoms with van der Waals surface area (Å²) in [6.07, 6.45) is 2.82. The average molecular weight is 292 g/mol. The molecule has 1 aliphatic heterocycles. The van der Waals surface area contributed by atoms with Crippen molar-refractivity contribution in [2.75, 3.05) is 31.6 Å². The second-order valence-electron chi connectivity index (χ2n) is 5.81. The van der Waals surface area contributed by atoms with Crippen LogP contribution in [0.25, 0.3) is 0 Å². The number of anilines is 1. The SMILES string of the molecule is CCCNC(C)c1c(OC)cccc1N1CCCC(O)C1. The standard InChI is InChI=1S/C17H28N2O2/c1-4-10-18-13(2)17-15(8-5-9-16(17)21-3)19-11-6-7-14(20)12-19/h5,8-9,13-14,18,20H,4,6-7,10-12H2,1-3H3. The second kappa shape index (κ2) is 7.66. The van der Waals surface area contributed by atoms with Gasteiger partial charge in [-0.1, -0.05) is 13.0 Å². The molecule has 0 amide bonds. The van der Waals surface area contributed by atoms with Crippen LogP contribution in [0, 0.1) is 0 Å². The normalized spacial score (nSPS) is 20.4. The third kappa shape index (κ3) is 3.89. The van der Waals surface area contributed by atoms with E-state index < -0.39 is 0 Å². The zero-order valence-corrected chi connectivity index (χ0v) is 13.4. The molecule has 1 heterocycles. The summed E-state index contributed by atoms with van der Waals surface area (Å²) in [7, 11) is 1.72. The van der Waals surface area contributed by atoms with Crippen LogP contribution < -0.4 is 15.0 Å². The molecule has 2 unspecified atom stereocenters. The molecule has 118 valence electrons. The maximum absolute atomic E-state index is 9.95. The van der Waals surface area contributed by atoms with Gasteiger partial charge in [0.15, 0.2) is 0 Å². The number of methoxy groups -OCH3 is 1. The lowest BCUT2D eigenvalue weighted by Gasteiger charge is -2.35. The number of hydrogen-bond donors (Lipinski definition) is 2. The smallest absolute Gasteiger partial charge is 0.125 e. The zero-order valence-electron chi connectivity index (χ0n) is 13.4. The van der Waals surface area contributed by atoms with E-state index in [0.717, 1.165) is 38.1 Å². The Labute approximate surface area is 128 Å². The Balaban J connectivity index is 2.30. The van der Waals surface area contributed by atoms with Gasteiger partial charge in [-0.3, -0.25) is 0 Å². The molecular weight excluding hydrogens is 264 g/mol. The van der Waals surface area contributed by atoms with E-state index in [2.05, 4.69) is 30.1 Å². The molecule has 1 aliphatic rings. The molecule has 0 aromatic heterocycles. The molecule has 4 heteroatoms. The first-order chi connectivity index (χ1) is 10.2. The molecule has 0 spiro atoms. The number of benzene rings is 1. The number of nitrogens with one attached hydrogen (secondary N) is 1. The first-order valence-corrected chi connectivity index (χ1v) is 8.00. The summed E-state index contributed by atoms with van der Waals surface area (Å²) in [5.41, 5.74) is 2.38.